The lowest BCUT2D eigenvalue weighted by Crippen LogP contribution is -2.46. The molecular weight excluding hydrogens is 400 g/mol. The van der Waals surface area contributed by atoms with Gasteiger partial charge in [-0.05, 0) is 74.7 Å². The molecule has 2 aliphatic carbocycles. The average molecular weight is 445 g/mol. The highest BCUT2D eigenvalue weighted by Gasteiger charge is 2.32. The number of amides is 2. The maximum Gasteiger partial charge on any atom is 0.322 e. The smallest absolute Gasteiger partial charge is 0.321 e. The molecule has 1 aromatic carbocycles. The molecule has 0 atom stereocenters. The number of nitrogens with zero attached hydrogens (tertiary/aromatic N) is 1. The summed E-state index contributed by atoms with van der Waals surface area (Å²) in [5.74, 6) is 4.11. The molecule has 1 N–H and O–H groups in total. The van der Waals surface area contributed by atoms with Crippen LogP contribution in [-0.4, -0.2) is 35.0 Å². The number of anilines is 1. The van der Waals surface area contributed by atoms with Gasteiger partial charge < -0.3 is 10.2 Å². The first kappa shape index (κ1) is 24.5. The number of thioether (sulfide) groups is 1. The van der Waals surface area contributed by atoms with Crippen molar-refractivity contribution in [3.8, 4) is 0 Å². The highest BCUT2D eigenvalue weighted by atomic mass is 32.2. The predicted octanol–water partition coefficient (Wildman–Crippen LogP) is 7.81. The van der Waals surface area contributed by atoms with E-state index in [2.05, 4.69) is 49.2 Å². The van der Waals surface area contributed by atoms with Crippen molar-refractivity contribution in [2.75, 3.05) is 23.4 Å². The summed E-state index contributed by atoms with van der Waals surface area (Å²) in [4.78, 5) is 15.6. The maximum atomic E-state index is 13.4. The lowest BCUT2D eigenvalue weighted by atomic mass is 9.72. The van der Waals surface area contributed by atoms with E-state index in [1.807, 2.05) is 11.8 Å². The zero-order chi connectivity index (χ0) is 22.1. The van der Waals surface area contributed by atoms with Crippen molar-refractivity contribution >= 4 is 23.5 Å². The number of hydrogen-bond acceptors (Lipinski definition) is 2. The molecule has 174 valence electrons. The first-order valence-electron chi connectivity index (χ1n) is 12.8. The minimum atomic E-state index is 0.106. The van der Waals surface area contributed by atoms with Gasteiger partial charge in [-0.1, -0.05) is 63.6 Å². The largest absolute Gasteiger partial charge is 0.322 e. The molecule has 1 aromatic rings. The summed E-state index contributed by atoms with van der Waals surface area (Å²) in [7, 11) is 0. The lowest BCUT2D eigenvalue weighted by molar-refractivity contribution is 0.127. The fourth-order valence-corrected chi connectivity index (χ4v) is 6.66. The number of urea groups is 1. The number of aryl methyl sites for hydroxylation is 2. The van der Waals surface area contributed by atoms with Gasteiger partial charge in [0.15, 0.2) is 0 Å². The Balaban J connectivity index is 1.61. The van der Waals surface area contributed by atoms with Crippen molar-refractivity contribution in [2.24, 2.45) is 11.8 Å². The fourth-order valence-electron chi connectivity index (χ4n) is 5.64. The molecule has 2 saturated carbocycles. The van der Waals surface area contributed by atoms with E-state index < -0.39 is 0 Å². The van der Waals surface area contributed by atoms with Crippen LogP contribution >= 0.6 is 11.8 Å². The van der Waals surface area contributed by atoms with Crippen LogP contribution in [-0.2, 0) is 0 Å². The predicted molar refractivity (Wildman–Crippen MR) is 136 cm³/mol. The zero-order valence-corrected chi connectivity index (χ0v) is 20.9. The van der Waals surface area contributed by atoms with Crippen LogP contribution in [0.2, 0.25) is 0 Å². The number of nitrogens with one attached hydrogen (secondary N) is 1. The van der Waals surface area contributed by atoms with Crippen LogP contribution in [0.15, 0.2) is 18.2 Å². The highest BCUT2D eigenvalue weighted by molar-refractivity contribution is 7.99. The molecule has 0 heterocycles. The van der Waals surface area contributed by atoms with Gasteiger partial charge in [0.25, 0.3) is 0 Å². The van der Waals surface area contributed by atoms with E-state index in [0.29, 0.717) is 6.04 Å². The van der Waals surface area contributed by atoms with Gasteiger partial charge in [0, 0.05) is 24.0 Å². The molecule has 3 nitrogen and oxygen atoms in total. The van der Waals surface area contributed by atoms with Crippen molar-refractivity contribution in [1.82, 2.24) is 4.90 Å². The van der Waals surface area contributed by atoms with Gasteiger partial charge in [-0.25, -0.2) is 4.79 Å². The molecule has 2 aliphatic rings. The summed E-state index contributed by atoms with van der Waals surface area (Å²) in [6.07, 6.45) is 14.7. The summed E-state index contributed by atoms with van der Waals surface area (Å²) >= 11 is 2.00. The fraction of sp³-hybridized carbons (Fsp3) is 0.741. The van der Waals surface area contributed by atoms with E-state index in [4.69, 9.17) is 0 Å². The number of unbranched alkanes of at least 4 members (excludes halogenated alkanes) is 1. The minimum absolute atomic E-state index is 0.106. The quantitative estimate of drug-likeness (QED) is 0.394. The van der Waals surface area contributed by atoms with E-state index in [1.54, 1.807) is 0 Å². The van der Waals surface area contributed by atoms with Crippen LogP contribution in [0.5, 0.6) is 0 Å². The van der Waals surface area contributed by atoms with Crippen LogP contribution < -0.4 is 5.32 Å². The van der Waals surface area contributed by atoms with E-state index in [9.17, 15) is 4.79 Å². The molecule has 0 radical (unpaired) electrons. The molecule has 0 spiro atoms. The standard InChI is InChI=1S/C27H44N2OS/c1-4-5-19-31-20-18-29(27(30)28-26-21(2)10-9-11-22(26)3)25-16-14-24(15-17-25)23-12-7-6-8-13-23/h9-11,23-25H,4-8,12-20H2,1-3H3,(H,28,30). The Kier molecular flexibility index (Phi) is 10.1. The number of carbonyl (C=O) groups is 1. The molecule has 0 aromatic heterocycles. The van der Waals surface area contributed by atoms with E-state index in [1.165, 1.54) is 76.4 Å². The molecule has 3 rings (SSSR count). The zero-order valence-electron chi connectivity index (χ0n) is 20.1. The maximum absolute atomic E-state index is 13.4. The van der Waals surface area contributed by atoms with Gasteiger partial charge in [0.2, 0.25) is 0 Å². The number of para-hydroxylation sites is 1. The third kappa shape index (κ3) is 7.17. The number of carbonyl (C=O) groups excluding carboxylic acids is 1. The second-order valence-corrected chi connectivity index (χ2v) is 11.0. The molecule has 4 heteroatoms. The van der Waals surface area contributed by atoms with Crippen LogP contribution in [0.4, 0.5) is 10.5 Å². The molecule has 2 amide bonds. The van der Waals surface area contributed by atoms with Crippen molar-refractivity contribution in [2.45, 2.75) is 97.4 Å². The van der Waals surface area contributed by atoms with Crippen LogP contribution in [0, 0.1) is 25.7 Å². The van der Waals surface area contributed by atoms with Crippen LogP contribution in [0.3, 0.4) is 0 Å². The number of rotatable bonds is 9. The third-order valence-corrected chi connectivity index (χ3v) is 8.64. The molecular formula is C27H44N2OS. The highest BCUT2D eigenvalue weighted by Crippen LogP contribution is 2.39. The Morgan fingerprint density at radius 1 is 0.968 bits per heavy atom. The second-order valence-electron chi connectivity index (χ2n) is 9.82. The van der Waals surface area contributed by atoms with Gasteiger partial charge in [0.1, 0.15) is 0 Å². The van der Waals surface area contributed by atoms with E-state index in [0.717, 1.165) is 40.9 Å². The van der Waals surface area contributed by atoms with E-state index >= 15 is 0 Å². The van der Waals surface area contributed by atoms with Crippen molar-refractivity contribution in [3.63, 3.8) is 0 Å². The Hall–Kier alpha value is -1.16. The second kappa shape index (κ2) is 12.8. The van der Waals surface area contributed by atoms with Gasteiger partial charge >= 0.3 is 6.03 Å². The summed E-state index contributed by atoms with van der Waals surface area (Å²) in [5, 5.41) is 3.28. The topological polar surface area (TPSA) is 32.3 Å². The molecule has 0 unspecified atom stereocenters. The first-order chi connectivity index (χ1) is 15.1. The Morgan fingerprint density at radius 3 is 2.26 bits per heavy atom. The van der Waals surface area contributed by atoms with Crippen molar-refractivity contribution in [3.05, 3.63) is 29.3 Å². The van der Waals surface area contributed by atoms with Crippen LogP contribution in [0.1, 0.15) is 88.7 Å². The monoisotopic (exact) mass is 444 g/mol. The molecule has 0 bridgehead atoms. The Morgan fingerprint density at radius 2 is 1.61 bits per heavy atom. The van der Waals surface area contributed by atoms with Crippen LogP contribution in [0.25, 0.3) is 0 Å². The molecule has 0 aliphatic heterocycles. The summed E-state index contributed by atoms with van der Waals surface area (Å²) < 4.78 is 0. The van der Waals surface area contributed by atoms with E-state index in [-0.39, 0.29) is 6.03 Å². The summed E-state index contributed by atoms with van der Waals surface area (Å²) in [6.45, 7) is 7.28. The van der Waals surface area contributed by atoms with Gasteiger partial charge in [-0.2, -0.15) is 11.8 Å². The molecule has 0 saturated heterocycles. The lowest BCUT2D eigenvalue weighted by Gasteiger charge is -2.40. The summed E-state index contributed by atoms with van der Waals surface area (Å²) in [6, 6.07) is 6.74. The van der Waals surface area contributed by atoms with Gasteiger partial charge in [0.05, 0.1) is 0 Å². The van der Waals surface area contributed by atoms with Gasteiger partial charge in [-0.3, -0.25) is 0 Å². The molecule has 31 heavy (non-hydrogen) atoms. The first-order valence-corrected chi connectivity index (χ1v) is 14.0. The summed E-state index contributed by atoms with van der Waals surface area (Å²) in [5.41, 5.74) is 3.28. The SMILES string of the molecule is CCCCSCCN(C(=O)Nc1c(C)cccc1C)C1CCC(C2CCCCC2)CC1. The van der Waals surface area contributed by atoms with Gasteiger partial charge in [-0.15, -0.1) is 0 Å². The van der Waals surface area contributed by atoms with Crippen molar-refractivity contribution in [1.29, 1.82) is 0 Å². The number of benzene rings is 1. The Labute approximate surface area is 195 Å². The minimum Gasteiger partial charge on any atom is -0.321 e. The average Bonchev–Trinajstić information content (AvgIpc) is 2.79. The normalized spacial score (nSPS) is 22.3. The Bertz CT molecular complexity index is 658. The number of hydrogen-bond donors (Lipinski definition) is 1. The van der Waals surface area contributed by atoms with Crippen molar-refractivity contribution < 1.29 is 4.79 Å². The molecule has 2 fully saturated rings. The third-order valence-electron chi connectivity index (χ3n) is 7.59.